The van der Waals surface area contributed by atoms with Gasteiger partial charge in [0, 0.05) is 6.04 Å². The number of nitrogens with zero attached hydrogens (tertiary/aromatic N) is 3. The highest BCUT2D eigenvalue weighted by Crippen LogP contribution is 2.25. The Hall–Kier alpha value is -2.58. The van der Waals surface area contributed by atoms with Crippen LogP contribution in [0.4, 0.5) is 0 Å². The fourth-order valence-corrected chi connectivity index (χ4v) is 3.13. The highest BCUT2D eigenvalue weighted by Gasteiger charge is 2.18. The smallest absolute Gasteiger partial charge is 0.230 e. The first kappa shape index (κ1) is 18.2. The van der Waals surface area contributed by atoms with Crippen molar-refractivity contribution < 1.29 is 14.3 Å². The summed E-state index contributed by atoms with van der Waals surface area (Å²) < 4.78 is 7.40. The summed E-state index contributed by atoms with van der Waals surface area (Å²) in [7, 11) is 0. The monoisotopic (exact) mass is 372 g/mol. The number of hydrogen-bond acceptors (Lipinski definition) is 6. The molecular weight excluding hydrogens is 352 g/mol. The highest BCUT2D eigenvalue weighted by molar-refractivity contribution is 7.99. The molecule has 0 saturated carbocycles. The molecule has 0 fully saturated rings. The molecule has 1 amide bonds. The number of aliphatic hydroxyl groups excluding tert-OH is 1. The summed E-state index contributed by atoms with van der Waals surface area (Å²) in [6.07, 6.45) is 1.59. The average Bonchev–Trinajstić information content (AvgIpc) is 3.30. The van der Waals surface area contributed by atoms with Gasteiger partial charge in [0.05, 0.1) is 25.2 Å². The number of furan rings is 1. The van der Waals surface area contributed by atoms with E-state index < -0.39 is 0 Å². The summed E-state index contributed by atoms with van der Waals surface area (Å²) in [5.74, 6) is 1.27. The normalized spacial score (nSPS) is 12.1. The Labute approximate surface area is 155 Å². The second-order valence-corrected chi connectivity index (χ2v) is 6.74. The van der Waals surface area contributed by atoms with E-state index in [-0.39, 0.29) is 24.3 Å². The van der Waals surface area contributed by atoms with Gasteiger partial charge in [0.25, 0.3) is 0 Å². The SMILES string of the molecule is CC(CO)NC(=O)CSc1nnc(-c2ccco2)n1Cc1ccccc1. The van der Waals surface area contributed by atoms with Crippen LogP contribution in [0.1, 0.15) is 12.5 Å². The van der Waals surface area contributed by atoms with Crippen LogP contribution in [0.2, 0.25) is 0 Å². The molecule has 2 N–H and O–H groups in total. The number of thioether (sulfide) groups is 1. The number of nitrogens with one attached hydrogen (secondary N) is 1. The van der Waals surface area contributed by atoms with Crippen molar-refractivity contribution in [3.63, 3.8) is 0 Å². The molecule has 0 spiro atoms. The van der Waals surface area contributed by atoms with E-state index in [0.29, 0.717) is 23.3 Å². The molecule has 0 aliphatic heterocycles. The summed E-state index contributed by atoms with van der Waals surface area (Å²) >= 11 is 1.30. The van der Waals surface area contributed by atoms with Crippen LogP contribution in [0.25, 0.3) is 11.6 Å². The largest absolute Gasteiger partial charge is 0.461 e. The van der Waals surface area contributed by atoms with Crippen molar-refractivity contribution in [3.8, 4) is 11.6 Å². The van der Waals surface area contributed by atoms with Crippen molar-refractivity contribution in [2.75, 3.05) is 12.4 Å². The maximum Gasteiger partial charge on any atom is 0.230 e. The number of aliphatic hydroxyl groups is 1. The molecule has 2 aromatic heterocycles. The first-order valence-corrected chi connectivity index (χ1v) is 9.20. The lowest BCUT2D eigenvalue weighted by Crippen LogP contribution is -2.36. The molecule has 0 aliphatic carbocycles. The molecule has 8 heteroatoms. The van der Waals surface area contributed by atoms with Crippen molar-refractivity contribution in [2.24, 2.45) is 0 Å². The maximum atomic E-state index is 12.0. The minimum Gasteiger partial charge on any atom is -0.461 e. The molecule has 0 bridgehead atoms. The molecule has 1 aromatic carbocycles. The maximum absolute atomic E-state index is 12.0. The Morgan fingerprint density at radius 3 is 2.77 bits per heavy atom. The Balaban J connectivity index is 1.80. The minimum absolute atomic E-state index is 0.0940. The fourth-order valence-electron chi connectivity index (χ4n) is 2.38. The Morgan fingerprint density at radius 1 is 1.27 bits per heavy atom. The van der Waals surface area contributed by atoms with E-state index in [1.807, 2.05) is 41.0 Å². The molecule has 136 valence electrons. The van der Waals surface area contributed by atoms with Gasteiger partial charge in [0.1, 0.15) is 0 Å². The van der Waals surface area contributed by atoms with Gasteiger partial charge in [0.2, 0.25) is 11.7 Å². The topological polar surface area (TPSA) is 93.2 Å². The summed E-state index contributed by atoms with van der Waals surface area (Å²) in [5, 5.41) is 20.8. The van der Waals surface area contributed by atoms with E-state index >= 15 is 0 Å². The number of benzene rings is 1. The van der Waals surface area contributed by atoms with E-state index in [0.717, 1.165) is 5.56 Å². The van der Waals surface area contributed by atoms with Gasteiger partial charge in [-0.3, -0.25) is 9.36 Å². The number of carbonyl (C=O) groups is 1. The van der Waals surface area contributed by atoms with Crippen LogP contribution in [0.5, 0.6) is 0 Å². The van der Waals surface area contributed by atoms with Crippen molar-refractivity contribution in [1.29, 1.82) is 0 Å². The molecule has 26 heavy (non-hydrogen) atoms. The predicted octanol–water partition coefficient (Wildman–Crippen LogP) is 2.18. The van der Waals surface area contributed by atoms with Crippen LogP contribution in [0, 0.1) is 0 Å². The van der Waals surface area contributed by atoms with Gasteiger partial charge in [-0.2, -0.15) is 0 Å². The highest BCUT2D eigenvalue weighted by atomic mass is 32.2. The zero-order valence-corrected chi connectivity index (χ0v) is 15.1. The van der Waals surface area contributed by atoms with Gasteiger partial charge >= 0.3 is 0 Å². The first-order valence-electron chi connectivity index (χ1n) is 8.21. The van der Waals surface area contributed by atoms with Gasteiger partial charge in [-0.1, -0.05) is 42.1 Å². The molecule has 1 atom stereocenters. The van der Waals surface area contributed by atoms with E-state index in [1.165, 1.54) is 11.8 Å². The molecule has 0 saturated heterocycles. The van der Waals surface area contributed by atoms with Gasteiger partial charge in [-0.05, 0) is 24.6 Å². The second kappa shape index (κ2) is 8.68. The number of carbonyl (C=O) groups excluding carboxylic acids is 1. The third-order valence-electron chi connectivity index (χ3n) is 3.66. The van der Waals surface area contributed by atoms with Gasteiger partial charge in [-0.15, -0.1) is 10.2 Å². The van der Waals surface area contributed by atoms with Gasteiger partial charge in [-0.25, -0.2) is 0 Å². The van der Waals surface area contributed by atoms with Gasteiger partial charge in [0.15, 0.2) is 10.9 Å². The lowest BCUT2D eigenvalue weighted by atomic mass is 10.2. The Kier molecular flexibility index (Phi) is 6.08. The lowest BCUT2D eigenvalue weighted by Gasteiger charge is -2.11. The van der Waals surface area contributed by atoms with Crippen molar-refractivity contribution >= 4 is 17.7 Å². The zero-order valence-electron chi connectivity index (χ0n) is 14.3. The Bertz CT molecular complexity index is 834. The molecule has 0 aliphatic rings. The lowest BCUT2D eigenvalue weighted by molar-refractivity contribution is -0.119. The molecule has 1 unspecified atom stereocenters. The first-order chi connectivity index (χ1) is 12.7. The number of hydrogen-bond donors (Lipinski definition) is 2. The predicted molar refractivity (Wildman–Crippen MR) is 98.7 cm³/mol. The molecule has 7 nitrogen and oxygen atoms in total. The fraction of sp³-hybridized carbons (Fsp3) is 0.278. The van der Waals surface area contributed by atoms with Crippen molar-refractivity contribution in [2.45, 2.75) is 24.7 Å². The molecule has 3 rings (SSSR count). The molecule has 3 aromatic rings. The minimum atomic E-state index is -0.274. The number of aromatic nitrogens is 3. The summed E-state index contributed by atoms with van der Waals surface area (Å²) in [6, 6.07) is 13.3. The molecule has 0 radical (unpaired) electrons. The van der Waals surface area contributed by atoms with E-state index in [1.54, 1.807) is 19.3 Å². The Morgan fingerprint density at radius 2 is 2.08 bits per heavy atom. The summed E-state index contributed by atoms with van der Waals surface area (Å²) in [4.78, 5) is 12.0. The van der Waals surface area contributed by atoms with E-state index in [9.17, 15) is 4.79 Å². The van der Waals surface area contributed by atoms with E-state index in [4.69, 9.17) is 9.52 Å². The van der Waals surface area contributed by atoms with Crippen LogP contribution in [0.3, 0.4) is 0 Å². The standard InChI is InChI=1S/C18H20N4O3S/c1-13(11-23)19-16(24)12-26-18-21-20-17(15-8-5-9-25-15)22(18)10-14-6-3-2-4-7-14/h2-9,13,23H,10-12H2,1H3,(H,19,24). The molecule has 2 heterocycles. The van der Waals surface area contributed by atoms with Crippen molar-refractivity contribution in [1.82, 2.24) is 20.1 Å². The summed E-state index contributed by atoms with van der Waals surface area (Å²) in [5.41, 5.74) is 1.10. The zero-order chi connectivity index (χ0) is 18.4. The molecular formula is C18H20N4O3S. The van der Waals surface area contributed by atoms with Crippen LogP contribution < -0.4 is 5.32 Å². The van der Waals surface area contributed by atoms with Crippen molar-refractivity contribution in [3.05, 3.63) is 54.3 Å². The third kappa shape index (κ3) is 4.53. The van der Waals surface area contributed by atoms with Gasteiger partial charge < -0.3 is 14.8 Å². The number of rotatable bonds is 8. The van der Waals surface area contributed by atoms with Crippen LogP contribution >= 0.6 is 11.8 Å². The van der Waals surface area contributed by atoms with Crippen LogP contribution in [-0.2, 0) is 11.3 Å². The van der Waals surface area contributed by atoms with Crippen LogP contribution in [-0.4, -0.2) is 44.2 Å². The summed E-state index contributed by atoms with van der Waals surface area (Å²) in [6.45, 7) is 2.22. The average molecular weight is 372 g/mol. The second-order valence-electron chi connectivity index (χ2n) is 5.80. The number of amides is 1. The van der Waals surface area contributed by atoms with E-state index in [2.05, 4.69) is 15.5 Å². The third-order valence-corrected chi connectivity index (χ3v) is 4.62. The quantitative estimate of drug-likeness (QED) is 0.589. The van der Waals surface area contributed by atoms with Crippen LogP contribution in [0.15, 0.2) is 58.3 Å².